The van der Waals surface area contributed by atoms with Crippen molar-refractivity contribution < 1.29 is 4.74 Å². The molecule has 2 aromatic carbocycles. The van der Waals surface area contributed by atoms with Gasteiger partial charge in [-0.05, 0) is 30.3 Å². The van der Waals surface area contributed by atoms with E-state index in [0.29, 0.717) is 12.5 Å². The van der Waals surface area contributed by atoms with Crippen LogP contribution in [0.15, 0.2) is 54.7 Å². The van der Waals surface area contributed by atoms with E-state index >= 15 is 0 Å². The number of nitrogens with one attached hydrogen (secondary N) is 1. The Morgan fingerprint density at radius 2 is 1.91 bits per heavy atom. The maximum atomic E-state index is 6.12. The predicted molar refractivity (Wildman–Crippen MR) is 89.3 cm³/mol. The van der Waals surface area contributed by atoms with E-state index in [4.69, 9.17) is 4.74 Å². The van der Waals surface area contributed by atoms with Gasteiger partial charge >= 0.3 is 0 Å². The Hall–Kier alpha value is -2.26. The Kier molecular flexibility index (Phi) is 3.35. The lowest BCUT2D eigenvalue weighted by atomic mass is 9.91. The quantitative estimate of drug-likeness (QED) is 0.792. The fraction of sp³-hybridized carbons (Fsp3) is 0.263. The lowest BCUT2D eigenvalue weighted by Gasteiger charge is -2.36. The van der Waals surface area contributed by atoms with Gasteiger partial charge in [0.2, 0.25) is 0 Å². The van der Waals surface area contributed by atoms with Crippen LogP contribution in [0.5, 0.6) is 5.75 Å². The minimum Gasteiger partial charge on any atom is -0.488 e. The minimum absolute atomic E-state index is 0.606. The van der Waals surface area contributed by atoms with Gasteiger partial charge in [-0.15, -0.1) is 0 Å². The molecule has 3 nitrogen and oxygen atoms in total. The van der Waals surface area contributed by atoms with Crippen LogP contribution in [0, 0.1) is 0 Å². The molecule has 3 aromatic rings. The number of hydrogen-bond acceptors (Lipinski definition) is 2. The van der Waals surface area contributed by atoms with E-state index in [1.807, 2.05) is 18.2 Å². The summed E-state index contributed by atoms with van der Waals surface area (Å²) in [7, 11) is 2.16. The summed E-state index contributed by atoms with van der Waals surface area (Å²) in [6.07, 6.45) is 2.15. The number of hydrogen-bond donors (Lipinski definition) is 1. The predicted octanol–water partition coefficient (Wildman–Crippen LogP) is 3.78. The highest BCUT2D eigenvalue weighted by molar-refractivity contribution is 5.90. The lowest BCUT2D eigenvalue weighted by molar-refractivity contribution is 0.190. The standard InChI is InChI=1S/C19H20N2O/c1-21-11-15(12-21)16-10-20-17-8-5-9-18(19(16)17)22-13-14-6-3-2-4-7-14/h2-10,15,20H,11-13H2,1H3. The van der Waals surface area contributed by atoms with E-state index in [-0.39, 0.29) is 0 Å². The Morgan fingerprint density at radius 3 is 2.68 bits per heavy atom. The lowest BCUT2D eigenvalue weighted by Crippen LogP contribution is -2.41. The molecule has 4 rings (SSSR count). The molecular formula is C19H20N2O. The molecule has 0 amide bonds. The number of aromatic nitrogens is 1. The Labute approximate surface area is 130 Å². The second-order valence-corrected chi connectivity index (χ2v) is 6.12. The molecule has 1 saturated heterocycles. The van der Waals surface area contributed by atoms with Crippen LogP contribution in [0.25, 0.3) is 10.9 Å². The summed E-state index contributed by atoms with van der Waals surface area (Å²) >= 11 is 0. The zero-order chi connectivity index (χ0) is 14.9. The van der Waals surface area contributed by atoms with Gasteiger partial charge in [0.25, 0.3) is 0 Å². The van der Waals surface area contributed by atoms with E-state index < -0.39 is 0 Å². The van der Waals surface area contributed by atoms with Crippen molar-refractivity contribution >= 4 is 10.9 Å². The van der Waals surface area contributed by atoms with E-state index in [1.165, 1.54) is 16.5 Å². The van der Waals surface area contributed by atoms with E-state index in [2.05, 4.69) is 53.5 Å². The molecule has 0 saturated carbocycles. The summed E-state index contributed by atoms with van der Waals surface area (Å²) < 4.78 is 6.12. The number of benzene rings is 2. The van der Waals surface area contributed by atoms with Crippen LogP contribution in [0.4, 0.5) is 0 Å². The molecular weight excluding hydrogens is 272 g/mol. The molecule has 1 aromatic heterocycles. The highest BCUT2D eigenvalue weighted by Crippen LogP contribution is 2.36. The number of fused-ring (bicyclic) bond motifs is 1. The van der Waals surface area contributed by atoms with Crippen LogP contribution in [-0.4, -0.2) is 30.0 Å². The van der Waals surface area contributed by atoms with Gasteiger partial charge in [0, 0.05) is 36.1 Å². The topological polar surface area (TPSA) is 28.3 Å². The van der Waals surface area contributed by atoms with Crippen LogP contribution in [0.3, 0.4) is 0 Å². The molecule has 1 N–H and O–H groups in total. The molecule has 112 valence electrons. The largest absolute Gasteiger partial charge is 0.488 e. The molecule has 3 heteroatoms. The zero-order valence-electron chi connectivity index (χ0n) is 12.8. The number of aromatic amines is 1. The molecule has 22 heavy (non-hydrogen) atoms. The fourth-order valence-electron chi connectivity index (χ4n) is 3.25. The van der Waals surface area contributed by atoms with Crippen LogP contribution < -0.4 is 4.74 Å². The van der Waals surface area contributed by atoms with Gasteiger partial charge in [-0.1, -0.05) is 36.4 Å². The number of likely N-dealkylation sites (tertiary alicyclic amines) is 1. The summed E-state index contributed by atoms with van der Waals surface area (Å²) in [5, 5.41) is 1.25. The van der Waals surface area contributed by atoms with Crippen LogP contribution in [-0.2, 0) is 6.61 Å². The van der Waals surface area contributed by atoms with Crippen molar-refractivity contribution in [3.05, 3.63) is 65.9 Å². The third-order valence-electron chi connectivity index (χ3n) is 4.44. The Bertz CT molecular complexity index is 772. The maximum absolute atomic E-state index is 6.12. The second kappa shape index (κ2) is 5.50. The number of H-pyrrole nitrogens is 1. The Balaban J connectivity index is 1.64. The van der Waals surface area contributed by atoms with Gasteiger partial charge in [-0.2, -0.15) is 0 Å². The van der Waals surface area contributed by atoms with Gasteiger partial charge in [-0.25, -0.2) is 0 Å². The molecule has 0 unspecified atom stereocenters. The van der Waals surface area contributed by atoms with E-state index in [0.717, 1.165) is 24.4 Å². The van der Waals surface area contributed by atoms with Crippen molar-refractivity contribution in [2.75, 3.05) is 20.1 Å². The smallest absolute Gasteiger partial charge is 0.129 e. The SMILES string of the molecule is CN1CC(c2c[nH]c3cccc(OCc4ccccc4)c23)C1. The monoisotopic (exact) mass is 292 g/mol. The normalized spacial score (nSPS) is 15.9. The first-order valence-corrected chi connectivity index (χ1v) is 7.76. The molecule has 0 atom stereocenters. The second-order valence-electron chi connectivity index (χ2n) is 6.12. The summed E-state index contributed by atoms with van der Waals surface area (Å²) in [4.78, 5) is 5.74. The van der Waals surface area contributed by atoms with E-state index in [1.54, 1.807) is 0 Å². The summed E-state index contributed by atoms with van der Waals surface area (Å²) in [6, 6.07) is 16.6. The summed E-state index contributed by atoms with van der Waals surface area (Å²) in [5.74, 6) is 1.59. The fourth-order valence-corrected chi connectivity index (χ4v) is 3.25. The molecule has 0 radical (unpaired) electrons. The number of rotatable bonds is 4. The number of likely N-dealkylation sites (N-methyl/N-ethyl adjacent to an activating group) is 1. The van der Waals surface area contributed by atoms with Gasteiger partial charge in [0.15, 0.2) is 0 Å². The molecule has 2 heterocycles. The number of nitrogens with zero attached hydrogens (tertiary/aromatic N) is 1. The van der Waals surface area contributed by atoms with Gasteiger partial charge in [-0.3, -0.25) is 0 Å². The van der Waals surface area contributed by atoms with Crippen LogP contribution >= 0.6 is 0 Å². The first-order valence-electron chi connectivity index (χ1n) is 7.76. The average molecular weight is 292 g/mol. The van der Waals surface area contributed by atoms with Crippen molar-refractivity contribution in [1.82, 2.24) is 9.88 Å². The third kappa shape index (κ3) is 2.38. The van der Waals surface area contributed by atoms with Crippen molar-refractivity contribution in [3.8, 4) is 5.75 Å². The van der Waals surface area contributed by atoms with Crippen molar-refractivity contribution in [2.45, 2.75) is 12.5 Å². The van der Waals surface area contributed by atoms with Gasteiger partial charge < -0.3 is 14.6 Å². The highest BCUT2D eigenvalue weighted by atomic mass is 16.5. The minimum atomic E-state index is 0.606. The van der Waals surface area contributed by atoms with Crippen molar-refractivity contribution in [3.63, 3.8) is 0 Å². The first kappa shape index (κ1) is 13.4. The van der Waals surface area contributed by atoms with Crippen molar-refractivity contribution in [1.29, 1.82) is 0 Å². The third-order valence-corrected chi connectivity index (χ3v) is 4.44. The Morgan fingerprint density at radius 1 is 1.09 bits per heavy atom. The molecule has 0 aliphatic carbocycles. The van der Waals surface area contributed by atoms with Crippen LogP contribution in [0.2, 0.25) is 0 Å². The van der Waals surface area contributed by atoms with Crippen molar-refractivity contribution in [2.24, 2.45) is 0 Å². The zero-order valence-corrected chi connectivity index (χ0v) is 12.8. The average Bonchev–Trinajstić information content (AvgIpc) is 2.95. The highest BCUT2D eigenvalue weighted by Gasteiger charge is 2.28. The van der Waals surface area contributed by atoms with Gasteiger partial charge in [0.1, 0.15) is 12.4 Å². The van der Waals surface area contributed by atoms with Crippen LogP contribution in [0.1, 0.15) is 17.0 Å². The maximum Gasteiger partial charge on any atom is 0.129 e. The van der Waals surface area contributed by atoms with Gasteiger partial charge in [0.05, 0.1) is 0 Å². The molecule has 1 aliphatic rings. The molecule has 0 spiro atoms. The summed E-state index contributed by atoms with van der Waals surface area (Å²) in [5.41, 5.74) is 3.74. The molecule has 0 bridgehead atoms. The first-order chi connectivity index (χ1) is 10.8. The van der Waals surface area contributed by atoms with E-state index in [9.17, 15) is 0 Å². The summed E-state index contributed by atoms with van der Waals surface area (Å²) in [6.45, 7) is 2.86. The number of ether oxygens (including phenoxy) is 1. The molecule has 1 fully saturated rings. The molecule has 1 aliphatic heterocycles.